The molecule has 0 amide bonds. The number of nitrogens with two attached hydrogens (primary N) is 1. The van der Waals surface area contributed by atoms with Gasteiger partial charge in [-0.05, 0) is 6.07 Å². The lowest BCUT2D eigenvalue weighted by molar-refractivity contribution is 0.147. The Balaban J connectivity index is 3.20. The zero-order chi connectivity index (χ0) is 10.0. The first kappa shape index (κ1) is 10.7. The molecule has 1 aromatic heterocycles. The number of anilines is 1. The fourth-order valence-corrected chi connectivity index (χ4v) is 1.63. The largest absolute Gasteiger partial charge is 0.397 e. The van der Waals surface area contributed by atoms with Crippen molar-refractivity contribution in [1.29, 1.82) is 0 Å². The number of aromatic nitrogens is 1. The summed E-state index contributed by atoms with van der Waals surface area (Å²) in [5.41, 5.74) is 5.45. The maximum absolute atomic E-state index is 12.2. The van der Waals surface area contributed by atoms with Crippen molar-refractivity contribution >= 4 is 33.2 Å². The van der Waals surface area contributed by atoms with E-state index in [1.165, 1.54) is 6.07 Å². The topological polar surface area (TPSA) is 38.9 Å². The lowest BCUT2D eigenvalue weighted by Gasteiger charge is -2.06. The van der Waals surface area contributed by atoms with Gasteiger partial charge in [0.2, 0.25) is 0 Å². The molecule has 0 aromatic carbocycles. The van der Waals surface area contributed by atoms with Crippen LogP contribution in [0.1, 0.15) is 17.7 Å². The molecule has 2 N–H and O–H groups in total. The molecule has 0 unspecified atom stereocenters. The van der Waals surface area contributed by atoms with Crippen LogP contribution < -0.4 is 5.73 Å². The third-order valence-corrected chi connectivity index (χ3v) is 2.39. The van der Waals surface area contributed by atoms with E-state index in [9.17, 15) is 8.78 Å². The van der Waals surface area contributed by atoms with Gasteiger partial charge >= 0.3 is 0 Å². The van der Waals surface area contributed by atoms with Crippen LogP contribution in [-0.4, -0.2) is 4.98 Å². The van der Waals surface area contributed by atoms with Crippen molar-refractivity contribution in [1.82, 2.24) is 4.98 Å². The lowest BCUT2D eigenvalue weighted by Crippen LogP contribution is -2.00. The van der Waals surface area contributed by atoms with Gasteiger partial charge in [-0.3, -0.25) is 0 Å². The van der Waals surface area contributed by atoms with E-state index in [0.29, 0.717) is 10.9 Å². The molecule has 13 heavy (non-hydrogen) atoms. The average Bonchev–Trinajstić information content (AvgIpc) is 2.07. The molecule has 0 fully saturated rings. The molecular weight excluding hydrogens is 265 g/mol. The minimum atomic E-state index is -2.69. The van der Waals surface area contributed by atoms with Gasteiger partial charge in [-0.15, -0.1) is 0 Å². The fourth-order valence-electron chi connectivity index (χ4n) is 0.832. The number of nitrogens with zero attached hydrogens (tertiary/aromatic N) is 1. The highest BCUT2D eigenvalue weighted by molar-refractivity contribution is 9.08. The molecule has 0 aliphatic carbocycles. The van der Waals surface area contributed by atoms with Crippen molar-refractivity contribution in [2.75, 3.05) is 5.73 Å². The van der Waals surface area contributed by atoms with Crippen LogP contribution in [0.2, 0.25) is 5.15 Å². The number of halogens is 4. The van der Waals surface area contributed by atoms with Crippen LogP contribution in [0, 0.1) is 0 Å². The summed E-state index contributed by atoms with van der Waals surface area (Å²) in [5.74, 6) is 0. The smallest absolute Gasteiger partial charge is 0.282 e. The average molecular weight is 271 g/mol. The highest BCUT2D eigenvalue weighted by Gasteiger charge is 2.15. The minimum Gasteiger partial charge on any atom is -0.397 e. The molecule has 0 spiro atoms. The monoisotopic (exact) mass is 270 g/mol. The third kappa shape index (κ3) is 2.28. The van der Waals surface area contributed by atoms with Crippen LogP contribution in [-0.2, 0) is 5.33 Å². The highest BCUT2D eigenvalue weighted by Crippen LogP contribution is 2.28. The molecule has 0 saturated heterocycles. The summed E-state index contributed by atoms with van der Waals surface area (Å²) in [5, 5.41) is 0.494. The van der Waals surface area contributed by atoms with Gasteiger partial charge < -0.3 is 5.73 Å². The second kappa shape index (κ2) is 4.19. The van der Waals surface area contributed by atoms with Gasteiger partial charge in [0.25, 0.3) is 6.43 Å². The maximum Gasteiger partial charge on any atom is 0.282 e. The van der Waals surface area contributed by atoms with Gasteiger partial charge in [-0.1, -0.05) is 27.5 Å². The number of hydrogen-bond donors (Lipinski definition) is 1. The Labute approximate surface area is 87.2 Å². The molecule has 0 bridgehead atoms. The summed E-state index contributed by atoms with van der Waals surface area (Å²) in [7, 11) is 0. The molecule has 72 valence electrons. The normalized spacial score (nSPS) is 10.8. The van der Waals surface area contributed by atoms with Crippen LogP contribution in [0.25, 0.3) is 0 Å². The van der Waals surface area contributed by atoms with Crippen molar-refractivity contribution in [3.63, 3.8) is 0 Å². The van der Waals surface area contributed by atoms with Crippen molar-refractivity contribution in [3.8, 4) is 0 Å². The molecule has 6 heteroatoms. The summed E-state index contributed by atoms with van der Waals surface area (Å²) in [6.45, 7) is 0. The predicted octanol–water partition coefficient (Wildman–Crippen LogP) is 3.15. The minimum absolute atomic E-state index is 0.0335. The number of pyridine rings is 1. The first-order valence-electron chi connectivity index (χ1n) is 3.35. The highest BCUT2D eigenvalue weighted by atomic mass is 79.9. The molecule has 0 aliphatic heterocycles. The van der Waals surface area contributed by atoms with Gasteiger partial charge in [0, 0.05) is 10.9 Å². The zero-order valence-electron chi connectivity index (χ0n) is 6.40. The SMILES string of the molecule is Nc1cc(CBr)c(Cl)nc1C(F)F. The van der Waals surface area contributed by atoms with Crippen molar-refractivity contribution in [3.05, 3.63) is 22.5 Å². The number of hydrogen-bond acceptors (Lipinski definition) is 2. The molecule has 0 radical (unpaired) electrons. The summed E-state index contributed by atoms with van der Waals surface area (Å²) in [6, 6.07) is 1.39. The van der Waals surface area contributed by atoms with Crippen LogP contribution in [0.15, 0.2) is 6.07 Å². The van der Waals surface area contributed by atoms with E-state index in [2.05, 4.69) is 20.9 Å². The second-order valence-electron chi connectivity index (χ2n) is 2.35. The van der Waals surface area contributed by atoms with Crippen molar-refractivity contribution < 1.29 is 8.78 Å². The number of nitrogen functional groups attached to an aromatic ring is 1. The van der Waals surface area contributed by atoms with E-state index < -0.39 is 12.1 Å². The Morgan fingerprint density at radius 1 is 1.62 bits per heavy atom. The zero-order valence-corrected chi connectivity index (χ0v) is 8.74. The molecule has 0 saturated carbocycles. The van der Waals surface area contributed by atoms with Gasteiger partial charge in [-0.25, -0.2) is 13.8 Å². The number of alkyl halides is 3. The predicted molar refractivity (Wildman–Crippen MR) is 51.2 cm³/mol. The summed E-state index contributed by atoms with van der Waals surface area (Å²) < 4.78 is 24.5. The Hall–Kier alpha value is -0.420. The molecule has 0 aliphatic rings. The Morgan fingerprint density at radius 2 is 2.23 bits per heavy atom. The maximum atomic E-state index is 12.2. The van der Waals surface area contributed by atoms with Crippen LogP contribution in [0.3, 0.4) is 0 Å². The fraction of sp³-hybridized carbons (Fsp3) is 0.286. The van der Waals surface area contributed by atoms with Crippen LogP contribution >= 0.6 is 27.5 Å². The Kier molecular flexibility index (Phi) is 3.44. The molecular formula is C7H6BrClF2N2. The van der Waals surface area contributed by atoms with Crippen LogP contribution in [0.5, 0.6) is 0 Å². The second-order valence-corrected chi connectivity index (χ2v) is 3.27. The number of rotatable bonds is 2. The summed E-state index contributed by atoms with van der Waals surface area (Å²) >= 11 is 8.75. The summed E-state index contributed by atoms with van der Waals surface area (Å²) in [4.78, 5) is 3.50. The van der Waals surface area contributed by atoms with Crippen molar-refractivity contribution in [2.24, 2.45) is 0 Å². The molecule has 1 heterocycles. The molecule has 1 aromatic rings. The van der Waals surface area contributed by atoms with E-state index in [0.717, 1.165) is 0 Å². The first-order chi connectivity index (χ1) is 6.06. The molecule has 2 nitrogen and oxygen atoms in total. The van der Waals surface area contributed by atoms with Crippen molar-refractivity contribution in [2.45, 2.75) is 11.8 Å². The van der Waals surface area contributed by atoms with E-state index in [1.54, 1.807) is 0 Å². The van der Waals surface area contributed by atoms with Gasteiger partial charge in [-0.2, -0.15) is 0 Å². The van der Waals surface area contributed by atoms with E-state index in [4.69, 9.17) is 17.3 Å². The van der Waals surface area contributed by atoms with E-state index in [-0.39, 0.29) is 10.8 Å². The molecule has 1 rings (SSSR count). The van der Waals surface area contributed by atoms with E-state index >= 15 is 0 Å². The Bertz CT molecular complexity index is 320. The first-order valence-corrected chi connectivity index (χ1v) is 4.85. The molecule has 0 atom stereocenters. The van der Waals surface area contributed by atoms with Gasteiger partial charge in [0.15, 0.2) is 0 Å². The van der Waals surface area contributed by atoms with Crippen LogP contribution in [0.4, 0.5) is 14.5 Å². The Morgan fingerprint density at radius 3 is 2.69 bits per heavy atom. The quantitative estimate of drug-likeness (QED) is 0.663. The lowest BCUT2D eigenvalue weighted by atomic mass is 10.2. The standard InChI is InChI=1S/C7H6BrClF2N2/c8-2-3-1-4(12)5(7(10)11)13-6(3)9/h1,7H,2,12H2. The third-order valence-electron chi connectivity index (χ3n) is 1.46. The van der Waals surface area contributed by atoms with E-state index in [1.807, 2.05) is 0 Å². The van der Waals surface area contributed by atoms with Gasteiger partial charge in [0.05, 0.1) is 5.69 Å². The summed E-state index contributed by atoms with van der Waals surface area (Å²) in [6.07, 6.45) is -2.69. The van der Waals surface area contributed by atoms with Gasteiger partial charge in [0.1, 0.15) is 10.8 Å².